The summed E-state index contributed by atoms with van der Waals surface area (Å²) in [5.41, 5.74) is 8.08. The first-order valence-electron chi connectivity index (χ1n) is 26.0. The summed E-state index contributed by atoms with van der Waals surface area (Å²) in [5.74, 6) is 4.24. The van der Waals surface area contributed by atoms with E-state index in [9.17, 15) is 0 Å². The summed E-state index contributed by atoms with van der Waals surface area (Å²) in [6.07, 6.45) is 70.4. The molecule has 11 atom stereocenters. The van der Waals surface area contributed by atoms with Crippen molar-refractivity contribution in [3.8, 4) is 0 Å². The number of fused-ring (bicyclic) bond motifs is 5. The van der Waals surface area contributed by atoms with Gasteiger partial charge in [-0.2, -0.15) is 11.8 Å². The molecule has 0 bridgehead atoms. The molecule has 0 aromatic heterocycles. The van der Waals surface area contributed by atoms with Gasteiger partial charge in [-0.3, -0.25) is 4.90 Å². The number of rotatable bonds is 8. The standard InChI is InChI=1S/C59H73N3OS/c1-58(2)59(34-17-6-18-35-59)51-36-42(41-20-7-3-8-21-41)32-33-52(51)62(58)47-38-45(60(43-22-9-4-10-23-43)44-24-11-5-12-25-44)37-46(39-47)61(54-40-64-56-31-16-14-27-50(54)56)53-29-19-28-49-48-26-13-15-30-55(48)63-57(49)53/h4,7,9-11,14-16,19-22,24-25,27-31,38,42-43,45-46,50-54,56-57H,3,5-6,8,12-13,17-18,23,26,32-37,39-40H2,1-2H3. The molecule has 3 heterocycles. The van der Waals surface area contributed by atoms with Gasteiger partial charge in [0.2, 0.25) is 0 Å². The third-order valence-electron chi connectivity index (χ3n) is 18.6. The number of ether oxygens (including phenoxy) is 1. The van der Waals surface area contributed by atoms with Gasteiger partial charge >= 0.3 is 0 Å². The lowest BCUT2D eigenvalue weighted by molar-refractivity contribution is -0.000915. The monoisotopic (exact) mass is 872 g/mol. The lowest BCUT2D eigenvalue weighted by Crippen LogP contribution is -2.60. The van der Waals surface area contributed by atoms with Crippen LogP contribution in [0.1, 0.15) is 123 Å². The molecule has 336 valence electrons. The molecular formula is C59H73N3OS. The summed E-state index contributed by atoms with van der Waals surface area (Å²) in [6, 6.07) is 2.20. The van der Waals surface area contributed by atoms with Crippen molar-refractivity contribution in [1.82, 2.24) is 14.7 Å². The second-order valence-corrected chi connectivity index (χ2v) is 23.2. The molecule has 0 N–H and O–H groups in total. The predicted octanol–water partition coefficient (Wildman–Crippen LogP) is 13.3. The van der Waals surface area contributed by atoms with Crippen molar-refractivity contribution in [3.63, 3.8) is 0 Å². The molecule has 4 fully saturated rings. The van der Waals surface area contributed by atoms with Crippen LogP contribution >= 0.6 is 11.8 Å². The fraction of sp³-hybridized carbons (Fsp3) is 0.559. The Balaban J connectivity index is 0.984. The van der Waals surface area contributed by atoms with Crippen molar-refractivity contribution in [2.24, 2.45) is 23.2 Å². The molecule has 12 aliphatic rings. The van der Waals surface area contributed by atoms with E-state index in [0.29, 0.717) is 46.7 Å². The van der Waals surface area contributed by atoms with Crippen molar-refractivity contribution in [1.29, 1.82) is 0 Å². The molecule has 9 aliphatic carbocycles. The van der Waals surface area contributed by atoms with Gasteiger partial charge in [-0.25, -0.2) is 0 Å². The van der Waals surface area contributed by atoms with Gasteiger partial charge in [0.05, 0.1) is 18.1 Å². The first kappa shape index (κ1) is 41.7. The topological polar surface area (TPSA) is 19.0 Å². The fourth-order valence-corrected chi connectivity index (χ4v) is 17.4. The predicted molar refractivity (Wildman–Crippen MR) is 267 cm³/mol. The third kappa shape index (κ3) is 7.01. The molecule has 2 saturated carbocycles. The summed E-state index contributed by atoms with van der Waals surface area (Å²) in [6.45, 7) is 5.46. The smallest absolute Gasteiger partial charge is 0.143 e. The van der Waals surface area contributed by atoms with Crippen LogP contribution in [-0.2, 0) is 4.74 Å². The number of allylic oxidation sites excluding steroid dienone is 15. The quantitative estimate of drug-likeness (QED) is 0.241. The molecule has 0 aromatic rings. The van der Waals surface area contributed by atoms with Crippen molar-refractivity contribution < 1.29 is 4.74 Å². The van der Waals surface area contributed by atoms with Crippen molar-refractivity contribution in [2.75, 3.05) is 5.75 Å². The summed E-state index contributed by atoms with van der Waals surface area (Å²) in [5, 5.41) is 0.537. The molecule has 0 aromatic carbocycles. The highest BCUT2D eigenvalue weighted by Crippen LogP contribution is 2.65. The van der Waals surface area contributed by atoms with E-state index in [4.69, 9.17) is 4.74 Å². The number of hydrogen-bond donors (Lipinski definition) is 0. The van der Waals surface area contributed by atoms with Crippen LogP contribution < -0.4 is 0 Å². The highest BCUT2D eigenvalue weighted by molar-refractivity contribution is 8.00. The van der Waals surface area contributed by atoms with E-state index in [-0.39, 0.29) is 23.7 Å². The van der Waals surface area contributed by atoms with E-state index in [2.05, 4.69) is 162 Å². The average Bonchev–Trinajstić information content (AvgIpc) is 4.00. The van der Waals surface area contributed by atoms with Gasteiger partial charge in [0.1, 0.15) is 11.9 Å². The minimum Gasteiger partial charge on any atom is -0.483 e. The highest BCUT2D eigenvalue weighted by atomic mass is 32.2. The molecule has 2 saturated heterocycles. The summed E-state index contributed by atoms with van der Waals surface area (Å²) >= 11 is 2.20. The second kappa shape index (κ2) is 17.2. The number of nitrogens with zero attached hydrogens (tertiary/aromatic N) is 3. The van der Waals surface area contributed by atoms with E-state index in [1.54, 1.807) is 11.3 Å². The molecule has 0 amide bonds. The van der Waals surface area contributed by atoms with Crippen LogP contribution in [0.5, 0.6) is 0 Å². The van der Waals surface area contributed by atoms with Gasteiger partial charge in [-0.05, 0) is 138 Å². The second-order valence-electron chi connectivity index (χ2n) is 21.9. The minimum atomic E-state index is 0.0424. The molecule has 0 radical (unpaired) electrons. The van der Waals surface area contributed by atoms with Crippen LogP contribution in [0, 0.1) is 23.2 Å². The van der Waals surface area contributed by atoms with Gasteiger partial charge in [-0.15, -0.1) is 0 Å². The maximum absolute atomic E-state index is 7.19. The van der Waals surface area contributed by atoms with Crippen LogP contribution in [-0.4, -0.2) is 73.6 Å². The van der Waals surface area contributed by atoms with E-state index in [0.717, 1.165) is 62.4 Å². The van der Waals surface area contributed by atoms with Gasteiger partial charge in [0.25, 0.3) is 0 Å². The van der Waals surface area contributed by atoms with Crippen molar-refractivity contribution in [2.45, 2.75) is 176 Å². The Hall–Kier alpha value is -3.67. The van der Waals surface area contributed by atoms with Gasteiger partial charge in [-0.1, -0.05) is 123 Å². The fourth-order valence-electron chi connectivity index (χ4n) is 15.8. The first-order valence-corrected chi connectivity index (χ1v) is 27.1. The van der Waals surface area contributed by atoms with E-state index in [1.807, 2.05) is 0 Å². The van der Waals surface area contributed by atoms with Crippen LogP contribution in [0.3, 0.4) is 0 Å². The summed E-state index contributed by atoms with van der Waals surface area (Å²) in [4.78, 5) is 9.17. The van der Waals surface area contributed by atoms with E-state index < -0.39 is 0 Å². The van der Waals surface area contributed by atoms with Gasteiger partial charge < -0.3 is 14.5 Å². The maximum atomic E-state index is 7.19. The minimum absolute atomic E-state index is 0.0424. The van der Waals surface area contributed by atoms with Crippen molar-refractivity contribution >= 4 is 11.8 Å². The Morgan fingerprint density at radius 3 is 2.45 bits per heavy atom. The SMILES string of the molecule is CC1(C)N(C2=CC(N(C3=CCCC=C3)C3C=CC=CC3)CC(N(C3C=CC=C4C5=C(C=CCC5)OC43)C3CSC4C=CC=CC43)C2)C2CCC(C3=CCCC=C3)CC2C12CCCCC2. The Kier molecular flexibility index (Phi) is 11.2. The lowest BCUT2D eigenvalue weighted by atomic mass is 9.55. The number of thioether (sulfide) groups is 1. The normalized spacial score (nSPS) is 38.7. The highest BCUT2D eigenvalue weighted by Gasteiger charge is 2.65. The van der Waals surface area contributed by atoms with Gasteiger partial charge in [0.15, 0.2) is 0 Å². The Morgan fingerprint density at radius 2 is 1.62 bits per heavy atom. The zero-order valence-corrected chi connectivity index (χ0v) is 39.6. The molecular weight excluding hydrogens is 799 g/mol. The third-order valence-corrected chi connectivity index (χ3v) is 20.0. The molecule has 3 aliphatic heterocycles. The largest absolute Gasteiger partial charge is 0.483 e. The number of hydrogen-bond acceptors (Lipinski definition) is 5. The molecule has 1 spiro atoms. The Labute approximate surface area is 389 Å². The zero-order chi connectivity index (χ0) is 42.8. The van der Waals surface area contributed by atoms with Crippen LogP contribution in [0.2, 0.25) is 0 Å². The van der Waals surface area contributed by atoms with Crippen LogP contribution in [0.15, 0.2) is 155 Å². The molecule has 12 rings (SSSR count). The Morgan fingerprint density at radius 1 is 0.781 bits per heavy atom. The first-order chi connectivity index (χ1) is 31.5. The Bertz CT molecular complexity index is 2250. The summed E-state index contributed by atoms with van der Waals surface area (Å²) < 4.78 is 7.19. The lowest BCUT2D eigenvalue weighted by Gasteiger charge is -2.54. The average molecular weight is 872 g/mol. The van der Waals surface area contributed by atoms with Crippen LogP contribution in [0.25, 0.3) is 0 Å². The zero-order valence-electron chi connectivity index (χ0n) is 38.8. The molecule has 64 heavy (non-hydrogen) atoms. The van der Waals surface area contributed by atoms with Crippen molar-refractivity contribution in [3.05, 3.63) is 155 Å². The molecule has 4 nitrogen and oxygen atoms in total. The van der Waals surface area contributed by atoms with Gasteiger partial charge in [0, 0.05) is 69.5 Å². The van der Waals surface area contributed by atoms with Crippen LogP contribution in [0.4, 0.5) is 0 Å². The summed E-state index contributed by atoms with van der Waals surface area (Å²) in [7, 11) is 0. The molecule has 5 heteroatoms. The van der Waals surface area contributed by atoms with E-state index >= 15 is 0 Å². The molecule has 11 unspecified atom stereocenters. The van der Waals surface area contributed by atoms with E-state index in [1.165, 1.54) is 81.1 Å². The number of likely N-dealkylation sites (tertiary alicyclic amines) is 1. The maximum Gasteiger partial charge on any atom is 0.143 e.